The number of hydrogen-bond acceptors (Lipinski definition) is 1. The van der Waals surface area contributed by atoms with Crippen LogP contribution in [-0.2, 0) is 6.42 Å². The van der Waals surface area contributed by atoms with Crippen LogP contribution in [-0.4, -0.2) is 11.2 Å². The molecule has 2 nitrogen and oxygen atoms in total. The lowest BCUT2D eigenvalue weighted by molar-refractivity contribution is 1.35. The fourth-order valence-electron chi connectivity index (χ4n) is 2.79. The monoisotopic (exact) mass is 314 g/mol. The minimum atomic E-state index is 0.854. The molecule has 0 aliphatic carbocycles. The Morgan fingerprint density at radius 3 is 2.33 bits per heavy atom. The van der Waals surface area contributed by atoms with Crippen LogP contribution in [0, 0.1) is 0 Å². The molecule has 120 valence electrons. The lowest BCUT2D eigenvalue weighted by atomic mass is 10.1. The number of hydrogen-bond donors (Lipinski definition) is 1. The maximum atomic E-state index is 4.60. The largest absolute Gasteiger partial charge is 0.355 e. The summed E-state index contributed by atoms with van der Waals surface area (Å²) in [5.74, 6) is 0. The first-order chi connectivity index (χ1) is 11.9. The molecule has 0 saturated carbocycles. The van der Waals surface area contributed by atoms with E-state index in [-0.39, 0.29) is 0 Å². The Balaban J connectivity index is 0.000000815. The quantitative estimate of drug-likeness (QED) is 0.430. The fourth-order valence-corrected chi connectivity index (χ4v) is 2.79. The number of rotatable bonds is 3. The predicted octanol–water partition coefficient (Wildman–Crippen LogP) is 6.29. The topological polar surface area (TPSA) is 28.1 Å². The number of nitrogens with zero attached hydrogens (tertiary/aromatic N) is 1. The smallest absolute Gasteiger partial charge is 0.0633 e. The third kappa shape index (κ3) is 3.38. The molecule has 0 aliphatic heterocycles. The molecule has 1 aromatic heterocycles. The first-order valence-corrected chi connectivity index (χ1v) is 8.47. The van der Waals surface area contributed by atoms with Crippen LogP contribution in [0.25, 0.3) is 21.8 Å². The Labute approximate surface area is 142 Å². The highest BCUT2D eigenvalue weighted by Gasteiger charge is 2.03. The lowest BCUT2D eigenvalue weighted by Gasteiger charge is -1.97. The zero-order valence-corrected chi connectivity index (χ0v) is 14.2. The zero-order valence-electron chi connectivity index (χ0n) is 14.2. The van der Waals surface area contributed by atoms with Crippen LogP contribution in [0.5, 0.6) is 0 Å². The summed E-state index contributed by atoms with van der Waals surface area (Å²) in [6.45, 7) is 4.00. The van der Waals surface area contributed by atoms with Crippen LogP contribution < -0.4 is 0 Å². The molecule has 0 saturated heterocycles. The summed E-state index contributed by atoms with van der Waals surface area (Å²) < 4.78 is 0. The molecule has 2 heteroatoms. The van der Waals surface area contributed by atoms with Crippen molar-refractivity contribution in [2.24, 2.45) is 4.99 Å². The average Bonchev–Trinajstić information content (AvgIpc) is 3.02. The van der Waals surface area contributed by atoms with Crippen molar-refractivity contribution in [2.75, 3.05) is 0 Å². The van der Waals surface area contributed by atoms with Gasteiger partial charge in [0.25, 0.3) is 0 Å². The molecule has 0 fully saturated rings. The van der Waals surface area contributed by atoms with Gasteiger partial charge in [-0.05, 0) is 29.8 Å². The molecule has 0 unspecified atom stereocenters. The number of aliphatic imine (C=N–C) groups is 1. The molecule has 0 atom stereocenters. The van der Waals surface area contributed by atoms with Crippen LogP contribution in [0.2, 0.25) is 0 Å². The van der Waals surface area contributed by atoms with E-state index >= 15 is 0 Å². The minimum absolute atomic E-state index is 0.854. The molecular weight excluding hydrogens is 292 g/mol. The van der Waals surface area contributed by atoms with Gasteiger partial charge in [-0.2, -0.15) is 0 Å². The summed E-state index contributed by atoms with van der Waals surface area (Å²) in [5, 5.41) is 2.47. The standard InChI is InChI=1S/C20H16N2.C2H6/c1-2-6-15(7-3-1)12-13-21-16-10-11-20-18(14-16)17-8-4-5-9-19(17)22-20;1-2/h1-11,13-14,22H,12H2;1-2H3. The van der Waals surface area contributed by atoms with Gasteiger partial charge in [0.15, 0.2) is 0 Å². The Morgan fingerprint density at radius 2 is 1.50 bits per heavy atom. The van der Waals surface area contributed by atoms with Crippen molar-refractivity contribution < 1.29 is 0 Å². The van der Waals surface area contributed by atoms with Crippen molar-refractivity contribution in [3.8, 4) is 0 Å². The maximum Gasteiger partial charge on any atom is 0.0633 e. The van der Waals surface area contributed by atoms with E-state index in [1.807, 2.05) is 26.1 Å². The molecule has 4 aromatic rings. The van der Waals surface area contributed by atoms with Crippen molar-refractivity contribution in [1.29, 1.82) is 0 Å². The van der Waals surface area contributed by atoms with Gasteiger partial charge >= 0.3 is 0 Å². The van der Waals surface area contributed by atoms with Crippen LogP contribution >= 0.6 is 0 Å². The first kappa shape index (κ1) is 16.0. The van der Waals surface area contributed by atoms with Crippen molar-refractivity contribution in [1.82, 2.24) is 4.98 Å². The number of para-hydroxylation sites is 1. The number of nitrogens with one attached hydrogen (secondary N) is 1. The van der Waals surface area contributed by atoms with E-state index in [0.717, 1.165) is 17.6 Å². The van der Waals surface area contributed by atoms with Gasteiger partial charge in [0.05, 0.1) is 5.69 Å². The van der Waals surface area contributed by atoms with Crippen molar-refractivity contribution in [2.45, 2.75) is 20.3 Å². The molecule has 4 rings (SSSR count). The number of fused-ring (bicyclic) bond motifs is 3. The molecule has 0 spiro atoms. The van der Waals surface area contributed by atoms with Crippen molar-refractivity contribution in [3.05, 3.63) is 78.4 Å². The highest BCUT2D eigenvalue weighted by Crippen LogP contribution is 2.28. The molecular formula is C22H22N2. The summed E-state index contributed by atoms with van der Waals surface area (Å²) in [6.07, 6.45) is 2.83. The third-order valence-corrected chi connectivity index (χ3v) is 3.90. The third-order valence-electron chi connectivity index (χ3n) is 3.90. The van der Waals surface area contributed by atoms with Gasteiger partial charge in [0.2, 0.25) is 0 Å². The molecule has 3 aromatic carbocycles. The van der Waals surface area contributed by atoms with Gasteiger partial charge < -0.3 is 4.98 Å². The average molecular weight is 314 g/mol. The summed E-state index contributed by atoms with van der Waals surface area (Å²) in [4.78, 5) is 8.03. The first-order valence-electron chi connectivity index (χ1n) is 8.47. The summed E-state index contributed by atoms with van der Waals surface area (Å²) in [5.41, 5.74) is 4.60. The molecule has 0 aliphatic rings. The van der Waals surface area contributed by atoms with E-state index in [2.05, 4.69) is 76.7 Å². The molecule has 1 N–H and O–H groups in total. The lowest BCUT2D eigenvalue weighted by Crippen LogP contribution is -1.84. The summed E-state index contributed by atoms with van der Waals surface area (Å²) in [7, 11) is 0. The zero-order chi connectivity index (χ0) is 16.8. The molecule has 0 amide bonds. The Hall–Kier alpha value is -2.87. The van der Waals surface area contributed by atoms with Gasteiger partial charge in [0.1, 0.15) is 0 Å². The van der Waals surface area contributed by atoms with Crippen LogP contribution in [0.1, 0.15) is 19.4 Å². The fraction of sp³-hybridized carbons (Fsp3) is 0.136. The number of benzene rings is 3. The number of aromatic nitrogens is 1. The van der Waals surface area contributed by atoms with Crippen LogP contribution in [0.3, 0.4) is 0 Å². The summed E-state index contributed by atoms with van der Waals surface area (Å²) in [6, 6.07) is 25.1. The predicted molar refractivity (Wildman–Crippen MR) is 105 cm³/mol. The highest BCUT2D eigenvalue weighted by atomic mass is 14.7. The van der Waals surface area contributed by atoms with Crippen LogP contribution in [0.4, 0.5) is 5.69 Å². The second-order valence-corrected chi connectivity index (χ2v) is 5.40. The normalized spacial score (nSPS) is 10.9. The van der Waals surface area contributed by atoms with E-state index in [1.54, 1.807) is 0 Å². The van der Waals surface area contributed by atoms with E-state index in [4.69, 9.17) is 0 Å². The Bertz CT molecular complexity index is 949. The number of aromatic amines is 1. The van der Waals surface area contributed by atoms with E-state index in [0.29, 0.717) is 0 Å². The maximum absolute atomic E-state index is 4.60. The highest BCUT2D eigenvalue weighted by molar-refractivity contribution is 6.08. The van der Waals surface area contributed by atoms with Gasteiger partial charge in [-0.15, -0.1) is 0 Å². The van der Waals surface area contributed by atoms with Gasteiger partial charge in [-0.3, -0.25) is 4.99 Å². The van der Waals surface area contributed by atoms with E-state index in [9.17, 15) is 0 Å². The van der Waals surface area contributed by atoms with Crippen molar-refractivity contribution >= 4 is 33.7 Å². The second-order valence-electron chi connectivity index (χ2n) is 5.40. The van der Waals surface area contributed by atoms with Crippen LogP contribution in [0.15, 0.2) is 77.8 Å². The molecule has 24 heavy (non-hydrogen) atoms. The van der Waals surface area contributed by atoms with Crippen molar-refractivity contribution in [3.63, 3.8) is 0 Å². The minimum Gasteiger partial charge on any atom is -0.355 e. The SMILES string of the molecule is C(Cc1ccccc1)=Nc1ccc2[nH]c3ccccc3c2c1.CC. The molecule has 0 bridgehead atoms. The Kier molecular flexibility index (Phi) is 5.07. The molecule has 1 heterocycles. The summed E-state index contributed by atoms with van der Waals surface area (Å²) >= 11 is 0. The van der Waals surface area contributed by atoms with E-state index < -0.39 is 0 Å². The number of H-pyrrole nitrogens is 1. The van der Waals surface area contributed by atoms with Gasteiger partial charge in [0, 0.05) is 34.4 Å². The second kappa shape index (κ2) is 7.60. The molecule has 0 radical (unpaired) electrons. The Morgan fingerprint density at radius 1 is 0.792 bits per heavy atom. The van der Waals surface area contributed by atoms with E-state index in [1.165, 1.54) is 21.9 Å². The van der Waals surface area contributed by atoms with Gasteiger partial charge in [-0.1, -0.05) is 62.4 Å². The van der Waals surface area contributed by atoms with Gasteiger partial charge in [-0.25, -0.2) is 0 Å².